The lowest BCUT2D eigenvalue weighted by Crippen LogP contribution is -2.32. The van der Waals surface area contributed by atoms with Crippen LogP contribution in [-0.4, -0.2) is 24.6 Å². The largest absolute Gasteiger partial charge is 0.481 e. The van der Waals surface area contributed by atoms with Gasteiger partial charge in [0.2, 0.25) is 0 Å². The topological polar surface area (TPSA) is 64.6 Å². The van der Waals surface area contributed by atoms with E-state index in [1.165, 1.54) is 0 Å². The van der Waals surface area contributed by atoms with E-state index in [0.29, 0.717) is 35.1 Å². The molecule has 2 rings (SSSR count). The molecule has 0 aliphatic carbocycles. The van der Waals surface area contributed by atoms with Gasteiger partial charge in [-0.2, -0.15) is 0 Å². The van der Waals surface area contributed by atoms with Crippen LogP contribution < -0.4 is 10.1 Å². The smallest absolute Gasteiger partial charge is 0.338 e. The summed E-state index contributed by atoms with van der Waals surface area (Å²) < 4.78 is 10.6. The molecule has 0 spiro atoms. The van der Waals surface area contributed by atoms with Gasteiger partial charge in [-0.05, 0) is 55.8 Å². The monoisotopic (exact) mass is 361 g/mol. The van der Waals surface area contributed by atoms with Gasteiger partial charge in [-0.1, -0.05) is 24.6 Å². The maximum atomic E-state index is 12.4. The van der Waals surface area contributed by atoms with Crippen LogP contribution in [0.2, 0.25) is 5.02 Å². The fraction of sp³-hybridized carbons (Fsp3) is 0.263. The van der Waals surface area contributed by atoms with Crippen LogP contribution in [0.3, 0.4) is 0 Å². The number of hydrogen-bond donors (Lipinski definition) is 1. The first-order chi connectivity index (χ1) is 12.0. The maximum Gasteiger partial charge on any atom is 0.338 e. The highest BCUT2D eigenvalue weighted by Crippen LogP contribution is 2.20. The second-order valence-corrected chi connectivity index (χ2v) is 5.70. The van der Waals surface area contributed by atoms with Gasteiger partial charge in [0.05, 0.1) is 12.2 Å². The van der Waals surface area contributed by atoms with Crippen molar-refractivity contribution in [1.29, 1.82) is 0 Å². The Morgan fingerprint density at radius 2 is 1.84 bits per heavy atom. The first kappa shape index (κ1) is 18.8. The Kier molecular flexibility index (Phi) is 6.83. The first-order valence-electron chi connectivity index (χ1n) is 8.03. The zero-order chi connectivity index (χ0) is 18.2. The minimum Gasteiger partial charge on any atom is -0.481 e. The molecule has 0 aliphatic rings. The predicted octanol–water partition coefficient (Wildman–Crippen LogP) is 4.31. The van der Waals surface area contributed by atoms with Crippen LogP contribution in [0.15, 0.2) is 48.5 Å². The van der Waals surface area contributed by atoms with Crippen molar-refractivity contribution in [3.8, 4) is 5.75 Å². The van der Waals surface area contributed by atoms with E-state index in [-0.39, 0.29) is 5.91 Å². The number of hydrogen-bond acceptors (Lipinski definition) is 4. The number of carbonyl (C=O) groups is 2. The molecule has 0 saturated heterocycles. The Bertz CT molecular complexity index is 730. The summed E-state index contributed by atoms with van der Waals surface area (Å²) in [6.45, 7) is 3.92. The number of anilines is 1. The molecular weight excluding hydrogens is 342 g/mol. The van der Waals surface area contributed by atoms with Gasteiger partial charge in [0, 0.05) is 10.7 Å². The van der Waals surface area contributed by atoms with Crippen LogP contribution in [0.5, 0.6) is 5.75 Å². The van der Waals surface area contributed by atoms with E-state index in [1.807, 2.05) is 6.92 Å². The molecule has 0 radical (unpaired) electrons. The molecule has 0 aromatic heterocycles. The molecule has 0 saturated carbocycles. The number of nitrogens with one attached hydrogen (secondary N) is 1. The average molecular weight is 362 g/mol. The van der Waals surface area contributed by atoms with E-state index in [0.717, 1.165) is 0 Å². The fourth-order valence-electron chi connectivity index (χ4n) is 2.15. The first-order valence-corrected chi connectivity index (χ1v) is 8.41. The SMILES string of the molecule is CCOC(=O)c1ccc(NC(=O)[C@@H](CC)Oc2cccc(Cl)c2)cc1. The lowest BCUT2D eigenvalue weighted by atomic mass is 10.2. The van der Waals surface area contributed by atoms with E-state index < -0.39 is 12.1 Å². The van der Waals surface area contributed by atoms with Crippen LogP contribution in [0, 0.1) is 0 Å². The number of benzene rings is 2. The molecule has 0 aliphatic heterocycles. The third-order valence-corrected chi connectivity index (χ3v) is 3.64. The third-order valence-electron chi connectivity index (χ3n) is 3.40. The second kappa shape index (κ2) is 9.08. The fourth-order valence-corrected chi connectivity index (χ4v) is 2.33. The number of ether oxygens (including phenoxy) is 2. The highest BCUT2D eigenvalue weighted by Gasteiger charge is 2.19. The molecule has 1 N–H and O–H groups in total. The highest BCUT2D eigenvalue weighted by atomic mass is 35.5. The number of amides is 1. The van der Waals surface area contributed by atoms with Crippen LogP contribution in [0.25, 0.3) is 0 Å². The Hall–Kier alpha value is -2.53. The van der Waals surface area contributed by atoms with Crippen molar-refractivity contribution in [2.24, 2.45) is 0 Å². The molecule has 2 aromatic rings. The van der Waals surface area contributed by atoms with Crippen molar-refractivity contribution in [2.45, 2.75) is 26.4 Å². The van der Waals surface area contributed by atoms with Gasteiger partial charge in [0.25, 0.3) is 5.91 Å². The lowest BCUT2D eigenvalue weighted by Gasteiger charge is -2.17. The molecule has 0 unspecified atom stereocenters. The van der Waals surface area contributed by atoms with Crippen LogP contribution in [0.1, 0.15) is 30.6 Å². The summed E-state index contributed by atoms with van der Waals surface area (Å²) in [6.07, 6.45) is -0.151. The van der Waals surface area contributed by atoms with Crippen LogP contribution in [0.4, 0.5) is 5.69 Å². The molecular formula is C19H20ClNO4. The molecule has 0 heterocycles. The summed E-state index contributed by atoms with van der Waals surface area (Å²) >= 11 is 5.93. The second-order valence-electron chi connectivity index (χ2n) is 5.26. The highest BCUT2D eigenvalue weighted by molar-refractivity contribution is 6.30. The van der Waals surface area contributed by atoms with Gasteiger partial charge in [-0.25, -0.2) is 4.79 Å². The van der Waals surface area contributed by atoms with E-state index in [1.54, 1.807) is 55.5 Å². The number of esters is 1. The van der Waals surface area contributed by atoms with Gasteiger partial charge in [0.1, 0.15) is 5.75 Å². The summed E-state index contributed by atoms with van der Waals surface area (Å²) in [5, 5.41) is 3.32. The molecule has 0 fully saturated rings. The average Bonchev–Trinajstić information content (AvgIpc) is 2.60. The molecule has 25 heavy (non-hydrogen) atoms. The molecule has 1 atom stereocenters. The van der Waals surface area contributed by atoms with E-state index in [4.69, 9.17) is 21.1 Å². The zero-order valence-electron chi connectivity index (χ0n) is 14.1. The Balaban J connectivity index is 2.00. The number of rotatable bonds is 7. The van der Waals surface area contributed by atoms with Gasteiger partial charge in [-0.15, -0.1) is 0 Å². The van der Waals surface area contributed by atoms with Gasteiger partial charge >= 0.3 is 5.97 Å². The summed E-state index contributed by atoms with van der Waals surface area (Å²) in [4.78, 5) is 24.0. The Labute approximate surface area is 151 Å². The van der Waals surface area contributed by atoms with Crippen LogP contribution >= 0.6 is 11.6 Å². The number of carbonyl (C=O) groups excluding carboxylic acids is 2. The third kappa shape index (κ3) is 5.50. The summed E-state index contributed by atoms with van der Waals surface area (Å²) in [6, 6.07) is 13.4. The van der Waals surface area contributed by atoms with Crippen LogP contribution in [-0.2, 0) is 9.53 Å². The minimum atomic E-state index is -0.650. The Morgan fingerprint density at radius 3 is 2.44 bits per heavy atom. The van der Waals surface area contributed by atoms with Gasteiger partial charge in [-0.3, -0.25) is 4.79 Å². The predicted molar refractivity (Wildman–Crippen MR) is 97.2 cm³/mol. The van der Waals surface area contributed by atoms with Crippen molar-refractivity contribution < 1.29 is 19.1 Å². The minimum absolute atomic E-state index is 0.272. The number of halogens is 1. The standard InChI is InChI=1S/C19H20ClNO4/c1-3-17(25-16-7-5-6-14(20)12-16)18(22)21-15-10-8-13(9-11-15)19(23)24-4-2/h5-12,17H,3-4H2,1-2H3,(H,21,22)/t17-/m1/s1. The van der Waals surface area contributed by atoms with E-state index in [9.17, 15) is 9.59 Å². The summed E-state index contributed by atoms with van der Waals surface area (Å²) in [5.41, 5.74) is 1.01. The van der Waals surface area contributed by atoms with Crippen molar-refractivity contribution in [3.63, 3.8) is 0 Å². The quantitative estimate of drug-likeness (QED) is 0.746. The van der Waals surface area contributed by atoms with Crippen molar-refractivity contribution in [2.75, 3.05) is 11.9 Å². The van der Waals surface area contributed by atoms with Gasteiger partial charge < -0.3 is 14.8 Å². The normalized spacial score (nSPS) is 11.5. The van der Waals surface area contributed by atoms with Crippen molar-refractivity contribution in [3.05, 3.63) is 59.1 Å². The van der Waals surface area contributed by atoms with E-state index >= 15 is 0 Å². The molecule has 0 bridgehead atoms. The van der Waals surface area contributed by atoms with E-state index in [2.05, 4.69) is 5.32 Å². The lowest BCUT2D eigenvalue weighted by molar-refractivity contribution is -0.122. The summed E-state index contributed by atoms with van der Waals surface area (Å²) in [5.74, 6) is -0.130. The van der Waals surface area contributed by atoms with Crippen molar-refractivity contribution in [1.82, 2.24) is 0 Å². The maximum absolute atomic E-state index is 12.4. The molecule has 5 nitrogen and oxygen atoms in total. The Morgan fingerprint density at radius 1 is 1.12 bits per heavy atom. The van der Waals surface area contributed by atoms with Gasteiger partial charge in [0.15, 0.2) is 6.10 Å². The summed E-state index contributed by atoms with van der Waals surface area (Å²) in [7, 11) is 0. The molecule has 132 valence electrons. The molecule has 1 amide bonds. The van der Waals surface area contributed by atoms with Crippen molar-refractivity contribution >= 4 is 29.2 Å². The molecule has 6 heteroatoms. The zero-order valence-corrected chi connectivity index (χ0v) is 14.9. The molecule has 2 aromatic carbocycles.